The Kier molecular flexibility index (Phi) is 11.4. The van der Waals surface area contributed by atoms with Gasteiger partial charge in [-0.15, -0.1) is 30.4 Å². The summed E-state index contributed by atoms with van der Waals surface area (Å²) in [5, 5.41) is 9.20. The maximum atomic E-state index is 12.2. The minimum atomic E-state index is -0.209. The molecule has 0 aliphatic heterocycles. The number of nitrogens with zero attached hydrogens (tertiary/aromatic N) is 1. The summed E-state index contributed by atoms with van der Waals surface area (Å²) >= 11 is 0. The van der Waals surface area contributed by atoms with E-state index in [0.29, 0.717) is 30.3 Å². The molecule has 2 aromatic rings. The van der Waals surface area contributed by atoms with Crippen molar-refractivity contribution in [1.29, 1.82) is 0 Å². The van der Waals surface area contributed by atoms with Gasteiger partial charge >= 0.3 is 0 Å². The molecule has 7 heteroatoms. The van der Waals surface area contributed by atoms with E-state index in [1.165, 1.54) is 5.56 Å². The van der Waals surface area contributed by atoms with Gasteiger partial charge in [-0.1, -0.05) is 24.1 Å². The smallest absolute Gasteiger partial charge is 0.246 e. The number of benzene rings is 2. The lowest BCUT2D eigenvalue weighted by molar-refractivity contribution is -0.114. The van der Waals surface area contributed by atoms with E-state index in [-0.39, 0.29) is 36.4 Å². The Morgan fingerprint density at radius 1 is 1.20 bits per heavy atom. The van der Waals surface area contributed by atoms with Crippen molar-refractivity contribution in [2.75, 3.05) is 32.1 Å². The van der Waals surface area contributed by atoms with Crippen LogP contribution >= 0.6 is 24.0 Å². The molecule has 0 aliphatic carbocycles. The number of carbonyl (C=O) groups is 1. The minimum Gasteiger partial charge on any atom is -0.496 e. The van der Waals surface area contributed by atoms with Crippen LogP contribution in [0.2, 0.25) is 0 Å². The van der Waals surface area contributed by atoms with Crippen LogP contribution in [-0.4, -0.2) is 38.6 Å². The van der Waals surface area contributed by atoms with Crippen LogP contribution in [0.3, 0.4) is 0 Å². The monoisotopic (exact) mass is 520 g/mol. The highest BCUT2D eigenvalue weighted by Gasteiger charge is 2.05. The summed E-state index contributed by atoms with van der Waals surface area (Å²) in [7, 11) is 1.67. The third-order valence-corrected chi connectivity index (χ3v) is 4.22. The van der Waals surface area contributed by atoms with E-state index < -0.39 is 0 Å². The summed E-state index contributed by atoms with van der Waals surface area (Å²) in [6.07, 6.45) is 6.20. The molecule has 0 fully saturated rings. The van der Waals surface area contributed by atoms with E-state index in [4.69, 9.17) is 11.2 Å². The maximum Gasteiger partial charge on any atom is 0.246 e. The molecule has 30 heavy (non-hydrogen) atoms. The summed E-state index contributed by atoms with van der Waals surface area (Å²) in [4.78, 5) is 16.5. The number of nitrogens with one attached hydrogen (secondary N) is 3. The number of hydrogen-bond acceptors (Lipinski definition) is 3. The summed E-state index contributed by atoms with van der Waals surface area (Å²) in [5.74, 6) is 3.82. The van der Waals surface area contributed by atoms with Crippen LogP contribution in [-0.2, 0) is 11.2 Å². The van der Waals surface area contributed by atoms with Crippen molar-refractivity contribution in [2.45, 2.75) is 20.3 Å². The first-order valence-electron chi connectivity index (χ1n) is 9.58. The number of aliphatic imine (C=N–C) groups is 1. The largest absolute Gasteiger partial charge is 0.496 e. The van der Waals surface area contributed by atoms with Crippen molar-refractivity contribution in [3.63, 3.8) is 0 Å². The topological polar surface area (TPSA) is 74.8 Å². The fourth-order valence-corrected chi connectivity index (χ4v) is 2.73. The number of anilines is 1. The van der Waals surface area contributed by atoms with Gasteiger partial charge in [0.15, 0.2) is 5.96 Å². The lowest BCUT2D eigenvalue weighted by Crippen LogP contribution is -2.39. The Balaban J connectivity index is 0.00000450. The number of carbonyl (C=O) groups excluding carboxylic acids is 1. The standard InChI is InChI=1S/C23H28N4O2.HI/c1-5-18-8-7-9-20(14-18)27-22(28)16-26-23(24-6-2)25-13-12-19-11-10-17(3)21(15-19)29-4;/h1,7-11,14-15H,6,12-13,16H2,2-4H3,(H,27,28)(H2,24,25,26);1H. The van der Waals surface area contributed by atoms with Crippen LogP contribution in [0.4, 0.5) is 5.69 Å². The second kappa shape index (κ2) is 13.5. The van der Waals surface area contributed by atoms with E-state index in [1.807, 2.05) is 32.0 Å². The second-order valence-corrected chi connectivity index (χ2v) is 6.45. The molecule has 0 bridgehead atoms. The van der Waals surface area contributed by atoms with Gasteiger partial charge in [-0.25, -0.2) is 4.99 Å². The zero-order valence-corrected chi connectivity index (χ0v) is 19.9. The number of ether oxygens (including phenoxy) is 1. The normalized spacial score (nSPS) is 10.4. The van der Waals surface area contributed by atoms with Crippen molar-refractivity contribution in [3.05, 3.63) is 59.2 Å². The molecule has 160 valence electrons. The molecule has 0 aromatic heterocycles. The van der Waals surface area contributed by atoms with Crippen LogP contribution in [0, 0.1) is 19.3 Å². The van der Waals surface area contributed by atoms with Crippen LogP contribution < -0.4 is 20.7 Å². The highest BCUT2D eigenvalue weighted by molar-refractivity contribution is 14.0. The molecule has 0 aliphatic rings. The Morgan fingerprint density at radius 3 is 2.70 bits per heavy atom. The van der Waals surface area contributed by atoms with Crippen molar-refractivity contribution >= 4 is 41.5 Å². The second-order valence-electron chi connectivity index (χ2n) is 6.45. The number of amides is 1. The molecular weight excluding hydrogens is 491 g/mol. The average molecular weight is 520 g/mol. The van der Waals surface area contributed by atoms with Gasteiger partial charge in [0.2, 0.25) is 5.91 Å². The van der Waals surface area contributed by atoms with Crippen LogP contribution in [0.5, 0.6) is 5.75 Å². The van der Waals surface area contributed by atoms with E-state index >= 15 is 0 Å². The van der Waals surface area contributed by atoms with E-state index in [1.54, 1.807) is 25.3 Å². The molecule has 2 rings (SSSR count). The fourth-order valence-electron chi connectivity index (χ4n) is 2.73. The van der Waals surface area contributed by atoms with Crippen molar-refractivity contribution in [3.8, 4) is 18.1 Å². The Morgan fingerprint density at radius 2 is 2.00 bits per heavy atom. The molecule has 0 saturated carbocycles. The SMILES string of the molecule is C#Cc1cccc(NC(=O)CN=C(NCC)NCCc2ccc(C)c(OC)c2)c1.I. The van der Waals surface area contributed by atoms with Crippen LogP contribution in [0.15, 0.2) is 47.5 Å². The first-order valence-corrected chi connectivity index (χ1v) is 9.58. The zero-order chi connectivity index (χ0) is 21.1. The summed E-state index contributed by atoms with van der Waals surface area (Å²) in [5.41, 5.74) is 3.65. The molecule has 0 heterocycles. The lowest BCUT2D eigenvalue weighted by Gasteiger charge is -2.12. The third kappa shape index (κ3) is 8.33. The van der Waals surface area contributed by atoms with Crippen LogP contribution in [0.25, 0.3) is 0 Å². The number of rotatable bonds is 8. The molecule has 0 atom stereocenters. The first-order chi connectivity index (χ1) is 14.0. The van der Waals surface area contributed by atoms with Gasteiger partial charge in [0.05, 0.1) is 7.11 Å². The number of terminal acetylenes is 1. The number of halogens is 1. The number of guanidine groups is 1. The van der Waals surface area contributed by atoms with Crippen LogP contribution in [0.1, 0.15) is 23.6 Å². The molecule has 6 nitrogen and oxygen atoms in total. The maximum absolute atomic E-state index is 12.2. The molecule has 1 amide bonds. The van der Waals surface area contributed by atoms with Gasteiger partial charge in [-0.05, 0) is 55.7 Å². The molecule has 3 N–H and O–H groups in total. The zero-order valence-electron chi connectivity index (χ0n) is 17.6. The van der Waals surface area contributed by atoms with Gasteiger partial charge in [-0.3, -0.25) is 4.79 Å². The van der Waals surface area contributed by atoms with Gasteiger partial charge in [0.25, 0.3) is 0 Å². The van der Waals surface area contributed by atoms with E-state index in [0.717, 1.165) is 17.7 Å². The van der Waals surface area contributed by atoms with Gasteiger partial charge in [-0.2, -0.15) is 0 Å². The molecule has 2 aromatic carbocycles. The molecule has 0 unspecified atom stereocenters. The first kappa shape index (κ1) is 25.3. The number of methoxy groups -OCH3 is 1. The third-order valence-electron chi connectivity index (χ3n) is 4.22. The highest BCUT2D eigenvalue weighted by atomic mass is 127. The van der Waals surface area contributed by atoms with Crippen molar-refractivity contribution < 1.29 is 9.53 Å². The predicted octanol–water partition coefficient (Wildman–Crippen LogP) is 3.34. The summed E-state index contributed by atoms with van der Waals surface area (Å²) < 4.78 is 5.37. The summed E-state index contributed by atoms with van der Waals surface area (Å²) in [6, 6.07) is 13.3. The highest BCUT2D eigenvalue weighted by Crippen LogP contribution is 2.19. The van der Waals surface area contributed by atoms with Gasteiger partial charge < -0.3 is 20.7 Å². The minimum absolute atomic E-state index is 0. The Labute approximate surface area is 195 Å². The fraction of sp³-hybridized carbons (Fsp3) is 0.304. The van der Waals surface area contributed by atoms with E-state index in [9.17, 15) is 4.79 Å². The number of aryl methyl sites for hydroxylation is 1. The molecular formula is C23H29IN4O2. The Bertz CT molecular complexity index is 906. The average Bonchev–Trinajstić information content (AvgIpc) is 2.73. The van der Waals surface area contributed by atoms with Gasteiger partial charge in [0, 0.05) is 24.3 Å². The molecule has 0 saturated heterocycles. The van der Waals surface area contributed by atoms with E-state index in [2.05, 4.69) is 32.9 Å². The lowest BCUT2D eigenvalue weighted by atomic mass is 10.1. The predicted molar refractivity (Wildman–Crippen MR) is 134 cm³/mol. The number of hydrogen-bond donors (Lipinski definition) is 3. The van der Waals surface area contributed by atoms with Crippen molar-refractivity contribution in [2.24, 2.45) is 4.99 Å². The molecule has 0 radical (unpaired) electrons. The van der Waals surface area contributed by atoms with Gasteiger partial charge in [0.1, 0.15) is 12.3 Å². The summed E-state index contributed by atoms with van der Waals surface area (Å²) in [6.45, 7) is 5.39. The molecule has 0 spiro atoms. The van der Waals surface area contributed by atoms with Crippen molar-refractivity contribution in [1.82, 2.24) is 10.6 Å². The Hall–Kier alpha value is -2.73. The quantitative estimate of drug-likeness (QED) is 0.216.